The molecule has 0 unspecified atom stereocenters. The molecular weight excluding hydrogens is 247 g/mol. The van der Waals surface area contributed by atoms with Crippen molar-refractivity contribution in [1.29, 1.82) is 0 Å². The normalized spacial score (nSPS) is 11.5. The zero-order chi connectivity index (χ0) is 13.3. The van der Waals surface area contributed by atoms with E-state index in [2.05, 4.69) is 4.98 Å². The molecule has 1 heterocycles. The standard InChI is InChI=1S/C11H8F3N3O/c12-11(13,14)7-1-8(15)3-10(2-7)17-4-9(5-18)16-6-17/h1-6H,15H2. The predicted octanol–water partition coefficient (Wildman–Crippen LogP) is 2.29. The molecule has 0 saturated carbocycles. The molecule has 0 amide bonds. The summed E-state index contributed by atoms with van der Waals surface area (Å²) in [5, 5.41) is 0. The summed E-state index contributed by atoms with van der Waals surface area (Å²) in [6.07, 6.45) is -1.40. The van der Waals surface area contributed by atoms with Crippen LogP contribution in [0.3, 0.4) is 0 Å². The molecule has 0 radical (unpaired) electrons. The molecule has 2 aromatic rings. The number of alkyl halides is 3. The van der Waals surface area contributed by atoms with Crippen LogP contribution in [0.25, 0.3) is 5.69 Å². The number of imidazole rings is 1. The maximum atomic E-state index is 12.6. The Balaban J connectivity index is 2.51. The van der Waals surface area contributed by atoms with Crippen molar-refractivity contribution in [1.82, 2.24) is 9.55 Å². The molecule has 2 rings (SSSR count). The van der Waals surface area contributed by atoms with E-state index in [1.807, 2.05) is 0 Å². The molecule has 0 fully saturated rings. The zero-order valence-corrected chi connectivity index (χ0v) is 8.98. The second-order valence-electron chi connectivity index (χ2n) is 3.63. The van der Waals surface area contributed by atoms with Gasteiger partial charge in [0.15, 0.2) is 6.29 Å². The van der Waals surface area contributed by atoms with Gasteiger partial charge in [-0.25, -0.2) is 4.98 Å². The van der Waals surface area contributed by atoms with E-state index in [1.165, 1.54) is 23.2 Å². The topological polar surface area (TPSA) is 60.9 Å². The lowest BCUT2D eigenvalue weighted by molar-refractivity contribution is -0.137. The Labute approximate surface area is 99.9 Å². The van der Waals surface area contributed by atoms with E-state index in [0.29, 0.717) is 6.29 Å². The number of nitrogen functional groups attached to an aromatic ring is 1. The molecule has 18 heavy (non-hydrogen) atoms. The molecule has 0 aliphatic heterocycles. The summed E-state index contributed by atoms with van der Waals surface area (Å²) in [5.41, 5.74) is 4.90. The number of hydrogen-bond acceptors (Lipinski definition) is 3. The van der Waals surface area contributed by atoms with Crippen LogP contribution in [0.4, 0.5) is 18.9 Å². The second kappa shape index (κ2) is 4.17. The summed E-state index contributed by atoms with van der Waals surface area (Å²) in [7, 11) is 0. The number of nitrogens with zero attached hydrogens (tertiary/aromatic N) is 2. The highest BCUT2D eigenvalue weighted by Gasteiger charge is 2.31. The van der Waals surface area contributed by atoms with E-state index in [4.69, 9.17) is 5.73 Å². The van der Waals surface area contributed by atoms with Crippen LogP contribution in [0.2, 0.25) is 0 Å². The van der Waals surface area contributed by atoms with Crippen LogP contribution in [0.1, 0.15) is 16.1 Å². The van der Waals surface area contributed by atoms with Gasteiger partial charge in [0.2, 0.25) is 0 Å². The minimum Gasteiger partial charge on any atom is -0.399 e. The highest BCUT2D eigenvalue weighted by molar-refractivity contribution is 5.71. The number of benzene rings is 1. The maximum absolute atomic E-state index is 12.6. The van der Waals surface area contributed by atoms with Gasteiger partial charge in [0, 0.05) is 17.6 Å². The van der Waals surface area contributed by atoms with E-state index in [1.54, 1.807) is 0 Å². The van der Waals surface area contributed by atoms with E-state index in [-0.39, 0.29) is 17.1 Å². The quantitative estimate of drug-likeness (QED) is 0.661. The highest BCUT2D eigenvalue weighted by atomic mass is 19.4. The lowest BCUT2D eigenvalue weighted by atomic mass is 10.1. The molecule has 0 saturated heterocycles. The molecule has 7 heteroatoms. The van der Waals surface area contributed by atoms with Gasteiger partial charge in [-0.2, -0.15) is 13.2 Å². The van der Waals surface area contributed by atoms with Crippen LogP contribution in [0, 0.1) is 0 Å². The first-order valence-electron chi connectivity index (χ1n) is 4.87. The zero-order valence-electron chi connectivity index (χ0n) is 8.98. The third kappa shape index (κ3) is 2.34. The lowest BCUT2D eigenvalue weighted by Crippen LogP contribution is -2.07. The Bertz CT molecular complexity index is 589. The molecular formula is C11H8F3N3O. The Hall–Kier alpha value is -2.31. The van der Waals surface area contributed by atoms with Crippen LogP contribution < -0.4 is 5.73 Å². The van der Waals surface area contributed by atoms with Gasteiger partial charge in [-0.15, -0.1) is 0 Å². The van der Waals surface area contributed by atoms with Crippen molar-refractivity contribution in [3.8, 4) is 5.69 Å². The fraction of sp³-hybridized carbons (Fsp3) is 0.0909. The molecule has 0 atom stereocenters. The summed E-state index contributed by atoms with van der Waals surface area (Å²) < 4.78 is 39.1. The summed E-state index contributed by atoms with van der Waals surface area (Å²) in [5.74, 6) is 0. The number of anilines is 1. The Kier molecular flexibility index (Phi) is 2.82. The Morgan fingerprint density at radius 3 is 2.56 bits per heavy atom. The third-order valence-corrected chi connectivity index (χ3v) is 2.29. The predicted molar refractivity (Wildman–Crippen MR) is 58.4 cm³/mol. The van der Waals surface area contributed by atoms with Crippen molar-refractivity contribution in [3.63, 3.8) is 0 Å². The molecule has 2 N–H and O–H groups in total. The Morgan fingerprint density at radius 2 is 2.00 bits per heavy atom. The first-order valence-corrected chi connectivity index (χ1v) is 4.87. The summed E-state index contributed by atoms with van der Waals surface area (Å²) >= 11 is 0. The fourth-order valence-corrected chi connectivity index (χ4v) is 1.49. The molecule has 4 nitrogen and oxygen atoms in total. The first-order chi connectivity index (χ1) is 8.40. The van der Waals surface area contributed by atoms with Crippen molar-refractivity contribution >= 4 is 12.0 Å². The minimum atomic E-state index is -4.47. The van der Waals surface area contributed by atoms with Gasteiger partial charge in [-0.3, -0.25) is 4.79 Å². The molecule has 0 aliphatic carbocycles. The first kappa shape index (κ1) is 12.2. The van der Waals surface area contributed by atoms with Crippen LogP contribution >= 0.6 is 0 Å². The van der Waals surface area contributed by atoms with Crippen LogP contribution in [-0.4, -0.2) is 15.8 Å². The van der Waals surface area contributed by atoms with Gasteiger partial charge < -0.3 is 10.3 Å². The Morgan fingerprint density at radius 1 is 1.28 bits per heavy atom. The van der Waals surface area contributed by atoms with Crippen LogP contribution in [0.15, 0.2) is 30.7 Å². The largest absolute Gasteiger partial charge is 0.416 e. The van der Waals surface area contributed by atoms with Crippen LogP contribution in [0.5, 0.6) is 0 Å². The van der Waals surface area contributed by atoms with E-state index in [9.17, 15) is 18.0 Å². The van der Waals surface area contributed by atoms with Crippen molar-refractivity contribution in [2.24, 2.45) is 0 Å². The summed E-state index contributed by atoms with van der Waals surface area (Å²) in [4.78, 5) is 14.2. The summed E-state index contributed by atoms with van der Waals surface area (Å²) in [6, 6.07) is 3.15. The number of carbonyl (C=O) groups excluding carboxylic acids is 1. The molecule has 0 aliphatic rings. The number of carbonyl (C=O) groups is 1. The smallest absolute Gasteiger partial charge is 0.399 e. The van der Waals surface area contributed by atoms with Crippen molar-refractivity contribution in [2.45, 2.75) is 6.18 Å². The highest BCUT2D eigenvalue weighted by Crippen LogP contribution is 2.32. The lowest BCUT2D eigenvalue weighted by Gasteiger charge is -2.10. The van der Waals surface area contributed by atoms with Crippen LogP contribution in [-0.2, 0) is 6.18 Å². The van der Waals surface area contributed by atoms with E-state index >= 15 is 0 Å². The number of aromatic nitrogens is 2. The number of rotatable bonds is 2. The van der Waals surface area contributed by atoms with E-state index < -0.39 is 11.7 Å². The molecule has 1 aromatic heterocycles. The maximum Gasteiger partial charge on any atom is 0.416 e. The van der Waals surface area contributed by atoms with Crippen molar-refractivity contribution in [3.05, 3.63) is 42.0 Å². The molecule has 0 bridgehead atoms. The third-order valence-electron chi connectivity index (χ3n) is 2.29. The molecule has 1 aromatic carbocycles. The minimum absolute atomic E-state index is 0.0128. The second-order valence-corrected chi connectivity index (χ2v) is 3.63. The van der Waals surface area contributed by atoms with Gasteiger partial charge in [-0.1, -0.05) is 0 Å². The SMILES string of the molecule is Nc1cc(-n2cnc(C=O)c2)cc(C(F)(F)F)c1. The average molecular weight is 255 g/mol. The number of aldehydes is 1. The van der Waals surface area contributed by atoms with Gasteiger partial charge in [-0.05, 0) is 18.2 Å². The van der Waals surface area contributed by atoms with Gasteiger partial charge in [0.25, 0.3) is 0 Å². The van der Waals surface area contributed by atoms with Crippen molar-refractivity contribution in [2.75, 3.05) is 5.73 Å². The number of hydrogen-bond donors (Lipinski definition) is 1. The fourth-order valence-electron chi connectivity index (χ4n) is 1.49. The average Bonchev–Trinajstić information content (AvgIpc) is 2.75. The number of halogens is 3. The number of nitrogens with two attached hydrogens (primary N) is 1. The monoisotopic (exact) mass is 255 g/mol. The molecule has 0 spiro atoms. The van der Waals surface area contributed by atoms with Gasteiger partial charge in [0.05, 0.1) is 5.56 Å². The summed E-state index contributed by atoms with van der Waals surface area (Å²) in [6.45, 7) is 0. The van der Waals surface area contributed by atoms with Gasteiger partial charge in [0.1, 0.15) is 12.0 Å². The molecule has 94 valence electrons. The van der Waals surface area contributed by atoms with E-state index in [0.717, 1.165) is 12.1 Å². The van der Waals surface area contributed by atoms with Gasteiger partial charge >= 0.3 is 6.18 Å². The van der Waals surface area contributed by atoms with Crippen molar-refractivity contribution < 1.29 is 18.0 Å².